The second kappa shape index (κ2) is 6.39. The van der Waals surface area contributed by atoms with E-state index >= 15 is 0 Å². The van der Waals surface area contributed by atoms with Gasteiger partial charge in [-0.05, 0) is 0 Å². The summed E-state index contributed by atoms with van der Waals surface area (Å²) >= 11 is 0. The number of nitrogens with zero attached hydrogens (tertiary/aromatic N) is 2. The molecule has 14 heavy (non-hydrogen) atoms. The minimum absolute atomic E-state index is 0.588. The zero-order chi connectivity index (χ0) is 10.2. The van der Waals surface area contributed by atoms with E-state index in [1.54, 1.807) is 18.0 Å². The van der Waals surface area contributed by atoms with Crippen molar-refractivity contribution in [3.63, 3.8) is 0 Å². The van der Waals surface area contributed by atoms with E-state index in [1.807, 2.05) is 6.20 Å². The second-order valence-electron chi connectivity index (χ2n) is 2.92. The van der Waals surface area contributed by atoms with Gasteiger partial charge in [-0.15, -0.1) is 0 Å². The van der Waals surface area contributed by atoms with Crippen molar-refractivity contribution < 1.29 is 9.47 Å². The highest BCUT2D eigenvalue weighted by Crippen LogP contribution is 2.07. The van der Waals surface area contributed by atoms with Gasteiger partial charge in [0.2, 0.25) is 0 Å². The molecule has 1 heterocycles. The van der Waals surface area contributed by atoms with Gasteiger partial charge in [0.05, 0.1) is 25.5 Å². The third-order valence-electron chi connectivity index (χ3n) is 1.73. The lowest BCUT2D eigenvalue weighted by Crippen LogP contribution is -2.09. The molecule has 5 nitrogen and oxygen atoms in total. The lowest BCUT2D eigenvalue weighted by atomic mass is 10.5. The van der Waals surface area contributed by atoms with Crippen LogP contribution in [0.4, 0.5) is 0 Å². The maximum absolute atomic E-state index is 5.43. The number of hydrogen-bond donors (Lipinski definition) is 1. The fraction of sp³-hybridized carbons (Fsp3) is 0.667. The van der Waals surface area contributed by atoms with Crippen LogP contribution >= 0.6 is 0 Å². The van der Waals surface area contributed by atoms with Crippen LogP contribution < -0.4 is 10.5 Å². The first-order valence-corrected chi connectivity index (χ1v) is 4.71. The Morgan fingerprint density at radius 2 is 2.36 bits per heavy atom. The summed E-state index contributed by atoms with van der Waals surface area (Å²) in [6, 6.07) is 0. The molecule has 0 saturated carbocycles. The van der Waals surface area contributed by atoms with Gasteiger partial charge in [0, 0.05) is 26.7 Å². The Balaban J connectivity index is 2.22. The average Bonchev–Trinajstić information content (AvgIpc) is 2.61. The predicted octanol–water partition coefficient (Wildman–Crippen LogP) is 0.257. The van der Waals surface area contributed by atoms with Crippen LogP contribution in [0.2, 0.25) is 0 Å². The van der Waals surface area contributed by atoms with E-state index in [0.717, 1.165) is 25.3 Å². The van der Waals surface area contributed by atoms with Crippen molar-refractivity contribution in [1.29, 1.82) is 0 Å². The number of nitrogens with two attached hydrogens (primary N) is 1. The number of hydrogen-bond acceptors (Lipinski definition) is 4. The van der Waals surface area contributed by atoms with E-state index in [9.17, 15) is 0 Å². The number of ether oxygens (including phenoxy) is 2. The molecule has 0 unspecified atom stereocenters. The molecule has 0 radical (unpaired) electrons. The Bertz CT molecular complexity index is 250. The van der Waals surface area contributed by atoms with Crippen molar-refractivity contribution in [2.75, 3.05) is 26.9 Å². The molecule has 2 N–H and O–H groups in total. The minimum atomic E-state index is 0.588. The molecule has 1 rings (SSSR count). The van der Waals surface area contributed by atoms with Gasteiger partial charge in [-0.2, -0.15) is 5.10 Å². The minimum Gasteiger partial charge on any atom is -0.490 e. The van der Waals surface area contributed by atoms with Crippen LogP contribution in [-0.2, 0) is 11.3 Å². The Morgan fingerprint density at radius 1 is 1.50 bits per heavy atom. The van der Waals surface area contributed by atoms with Gasteiger partial charge in [0.25, 0.3) is 0 Å². The molecule has 0 aliphatic carbocycles. The van der Waals surface area contributed by atoms with Crippen LogP contribution in [0.15, 0.2) is 12.4 Å². The second-order valence-corrected chi connectivity index (χ2v) is 2.92. The predicted molar refractivity (Wildman–Crippen MR) is 53.3 cm³/mol. The van der Waals surface area contributed by atoms with E-state index in [0.29, 0.717) is 13.2 Å². The van der Waals surface area contributed by atoms with Crippen molar-refractivity contribution in [1.82, 2.24) is 9.78 Å². The molecule has 0 fully saturated rings. The Morgan fingerprint density at radius 3 is 3.07 bits per heavy atom. The van der Waals surface area contributed by atoms with Gasteiger partial charge in [-0.3, -0.25) is 4.68 Å². The molecule has 0 aliphatic rings. The molecule has 1 aromatic heterocycles. The zero-order valence-electron chi connectivity index (χ0n) is 8.48. The summed E-state index contributed by atoms with van der Waals surface area (Å²) in [4.78, 5) is 0. The SMILES string of the molecule is COCCCOc1cnn(CCN)c1. The van der Waals surface area contributed by atoms with Crippen LogP contribution in [0, 0.1) is 0 Å². The van der Waals surface area contributed by atoms with Crippen molar-refractivity contribution in [2.45, 2.75) is 13.0 Å². The van der Waals surface area contributed by atoms with Crippen molar-refractivity contribution in [2.24, 2.45) is 5.73 Å². The Kier molecular flexibility index (Phi) is 5.03. The Hall–Kier alpha value is -1.07. The summed E-state index contributed by atoms with van der Waals surface area (Å²) in [5, 5.41) is 4.09. The lowest BCUT2D eigenvalue weighted by Gasteiger charge is -2.01. The molecular formula is C9H17N3O2. The van der Waals surface area contributed by atoms with Gasteiger partial charge in [-0.1, -0.05) is 0 Å². The molecule has 0 aliphatic heterocycles. The third-order valence-corrected chi connectivity index (χ3v) is 1.73. The molecule has 0 saturated heterocycles. The standard InChI is InChI=1S/C9H17N3O2/c1-13-5-2-6-14-9-7-11-12(8-9)4-3-10/h7-8H,2-6,10H2,1H3. The molecule has 0 atom stereocenters. The van der Waals surface area contributed by atoms with Crippen LogP contribution in [-0.4, -0.2) is 36.6 Å². The lowest BCUT2D eigenvalue weighted by molar-refractivity contribution is 0.172. The molecule has 0 aromatic carbocycles. The van der Waals surface area contributed by atoms with Crippen LogP contribution in [0.3, 0.4) is 0 Å². The molecule has 0 bridgehead atoms. The van der Waals surface area contributed by atoms with Crippen LogP contribution in [0.25, 0.3) is 0 Å². The topological polar surface area (TPSA) is 62.3 Å². The monoisotopic (exact) mass is 199 g/mol. The smallest absolute Gasteiger partial charge is 0.157 e. The quantitative estimate of drug-likeness (QED) is 0.640. The van der Waals surface area contributed by atoms with Gasteiger partial charge >= 0.3 is 0 Å². The molecule has 1 aromatic rings. The van der Waals surface area contributed by atoms with Gasteiger partial charge < -0.3 is 15.2 Å². The number of rotatable bonds is 7. The van der Waals surface area contributed by atoms with Crippen LogP contribution in [0.5, 0.6) is 5.75 Å². The fourth-order valence-electron chi connectivity index (χ4n) is 1.07. The van der Waals surface area contributed by atoms with Gasteiger partial charge in [-0.25, -0.2) is 0 Å². The van der Waals surface area contributed by atoms with Crippen molar-refractivity contribution in [3.8, 4) is 5.75 Å². The van der Waals surface area contributed by atoms with E-state index in [1.165, 1.54) is 0 Å². The first-order valence-electron chi connectivity index (χ1n) is 4.71. The molecule has 0 spiro atoms. The van der Waals surface area contributed by atoms with E-state index < -0.39 is 0 Å². The first kappa shape index (κ1) is 11.0. The first-order chi connectivity index (χ1) is 6.86. The van der Waals surface area contributed by atoms with E-state index in [4.69, 9.17) is 15.2 Å². The molecule has 0 amide bonds. The summed E-state index contributed by atoms with van der Waals surface area (Å²) in [5.74, 6) is 0.787. The average molecular weight is 199 g/mol. The summed E-state index contributed by atoms with van der Waals surface area (Å²) in [6.07, 6.45) is 4.43. The summed E-state index contributed by atoms with van der Waals surface area (Å²) in [5.41, 5.74) is 5.39. The van der Waals surface area contributed by atoms with Crippen LogP contribution in [0.1, 0.15) is 6.42 Å². The van der Waals surface area contributed by atoms with Gasteiger partial charge in [0.1, 0.15) is 0 Å². The number of aromatic nitrogens is 2. The van der Waals surface area contributed by atoms with Crippen molar-refractivity contribution >= 4 is 0 Å². The highest BCUT2D eigenvalue weighted by Gasteiger charge is 1.97. The summed E-state index contributed by atoms with van der Waals surface area (Å²) < 4.78 is 12.1. The largest absolute Gasteiger partial charge is 0.490 e. The fourth-order valence-corrected chi connectivity index (χ4v) is 1.07. The zero-order valence-corrected chi connectivity index (χ0v) is 8.48. The van der Waals surface area contributed by atoms with E-state index in [-0.39, 0.29) is 0 Å². The highest BCUT2D eigenvalue weighted by molar-refractivity contribution is 5.11. The van der Waals surface area contributed by atoms with Gasteiger partial charge in [0.15, 0.2) is 5.75 Å². The highest BCUT2D eigenvalue weighted by atomic mass is 16.5. The summed E-state index contributed by atoms with van der Waals surface area (Å²) in [6.45, 7) is 2.69. The molecule has 80 valence electrons. The maximum atomic E-state index is 5.43. The normalized spacial score (nSPS) is 10.4. The van der Waals surface area contributed by atoms with Crippen molar-refractivity contribution in [3.05, 3.63) is 12.4 Å². The third kappa shape index (κ3) is 3.76. The Labute approximate surface area is 83.8 Å². The number of methoxy groups -OCH3 is 1. The summed E-state index contributed by atoms with van der Waals surface area (Å²) in [7, 11) is 1.68. The van der Waals surface area contributed by atoms with E-state index in [2.05, 4.69) is 5.10 Å². The molecule has 5 heteroatoms. The molecular weight excluding hydrogens is 182 g/mol. The maximum Gasteiger partial charge on any atom is 0.157 e.